The lowest BCUT2D eigenvalue weighted by molar-refractivity contribution is -0.130. The molecule has 0 aromatic heterocycles. The van der Waals surface area contributed by atoms with Crippen LogP contribution in [0.4, 0.5) is 5.69 Å². The molecule has 8 heteroatoms. The summed E-state index contributed by atoms with van der Waals surface area (Å²) in [6.07, 6.45) is 0.711. The summed E-state index contributed by atoms with van der Waals surface area (Å²) in [5, 5.41) is 3.26. The van der Waals surface area contributed by atoms with Crippen LogP contribution >= 0.6 is 12.2 Å². The summed E-state index contributed by atoms with van der Waals surface area (Å²) in [7, 11) is 0. The summed E-state index contributed by atoms with van der Waals surface area (Å²) >= 11 is 5.53. The third kappa shape index (κ3) is 5.50. The first-order valence-electron chi connectivity index (χ1n) is 10.7. The second-order valence-electron chi connectivity index (χ2n) is 7.36. The van der Waals surface area contributed by atoms with Crippen LogP contribution in [0.5, 0.6) is 0 Å². The number of carbonyl (C=O) groups is 3. The van der Waals surface area contributed by atoms with Crippen molar-refractivity contribution in [3.05, 3.63) is 65.7 Å². The molecule has 1 fully saturated rings. The molecule has 1 saturated heterocycles. The van der Waals surface area contributed by atoms with Crippen LogP contribution in [-0.4, -0.2) is 58.4 Å². The maximum atomic E-state index is 12.9. The number of hydrogen-bond acceptors (Lipinski definition) is 5. The number of hydrogen-bond donors (Lipinski definition) is 1. The van der Waals surface area contributed by atoms with Gasteiger partial charge in [-0.3, -0.25) is 14.5 Å². The molecule has 32 heavy (non-hydrogen) atoms. The van der Waals surface area contributed by atoms with Gasteiger partial charge in [0, 0.05) is 18.8 Å². The van der Waals surface area contributed by atoms with Crippen LogP contribution in [0.25, 0.3) is 0 Å². The van der Waals surface area contributed by atoms with E-state index < -0.39 is 12.0 Å². The Morgan fingerprint density at radius 2 is 1.75 bits per heavy atom. The van der Waals surface area contributed by atoms with Crippen LogP contribution in [0.2, 0.25) is 0 Å². The first-order chi connectivity index (χ1) is 15.4. The van der Waals surface area contributed by atoms with Gasteiger partial charge in [-0.2, -0.15) is 0 Å². The smallest absolute Gasteiger partial charge is 0.338 e. The van der Waals surface area contributed by atoms with Crippen molar-refractivity contribution in [3.8, 4) is 0 Å². The van der Waals surface area contributed by atoms with Crippen molar-refractivity contribution in [3.63, 3.8) is 0 Å². The van der Waals surface area contributed by atoms with E-state index in [-0.39, 0.29) is 18.2 Å². The Bertz CT molecular complexity index is 978. The third-order valence-electron chi connectivity index (χ3n) is 5.26. The summed E-state index contributed by atoms with van der Waals surface area (Å²) in [5.74, 6) is -0.861. The molecule has 0 aliphatic carbocycles. The second-order valence-corrected chi connectivity index (χ2v) is 7.73. The lowest BCUT2D eigenvalue weighted by Gasteiger charge is -2.23. The van der Waals surface area contributed by atoms with E-state index in [4.69, 9.17) is 17.0 Å². The molecule has 2 aromatic rings. The molecule has 1 heterocycles. The first kappa shape index (κ1) is 23.4. The Morgan fingerprint density at radius 3 is 2.38 bits per heavy atom. The maximum Gasteiger partial charge on any atom is 0.338 e. The van der Waals surface area contributed by atoms with Gasteiger partial charge in [0.15, 0.2) is 5.11 Å². The van der Waals surface area contributed by atoms with Crippen LogP contribution in [-0.2, 0) is 20.7 Å². The summed E-state index contributed by atoms with van der Waals surface area (Å²) in [5.41, 5.74) is 2.09. The average molecular weight is 454 g/mol. The van der Waals surface area contributed by atoms with Gasteiger partial charge in [0.2, 0.25) is 5.91 Å². The lowest BCUT2D eigenvalue weighted by Crippen LogP contribution is -2.39. The molecule has 168 valence electrons. The molecule has 1 aliphatic heterocycles. The minimum Gasteiger partial charge on any atom is -0.462 e. The van der Waals surface area contributed by atoms with E-state index in [1.165, 1.54) is 0 Å². The van der Waals surface area contributed by atoms with E-state index in [2.05, 4.69) is 5.32 Å². The fraction of sp³-hybridized carbons (Fsp3) is 0.333. The van der Waals surface area contributed by atoms with E-state index in [0.717, 1.165) is 12.0 Å². The topological polar surface area (TPSA) is 78.9 Å². The minimum atomic E-state index is -0.634. The molecule has 1 aliphatic rings. The van der Waals surface area contributed by atoms with Gasteiger partial charge in [0.05, 0.1) is 18.6 Å². The van der Waals surface area contributed by atoms with Crippen molar-refractivity contribution in [2.75, 3.05) is 25.0 Å². The van der Waals surface area contributed by atoms with Gasteiger partial charge in [0.1, 0.15) is 6.04 Å². The monoisotopic (exact) mass is 453 g/mol. The fourth-order valence-electron chi connectivity index (χ4n) is 3.62. The van der Waals surface area contributed by atoms with Gasteiger partial charge in [-0.25, -0.2) is 4.79 Å². The maximum absolute atomic E-state index is 12.9. The quantitative estimate of drug-likeness (QED) is 0.464. The van der Waals surface area contributed by atoms with E-state index in [0.29, 0.717) is 36.1 Å². The van der Waals surface area contributed by atoms with Gasteiger partial charge in [-0.05, 0) is 62.3 Å². The number of benzene rings is 2. The molecule has 0 saturated carbocycles. The van der Waals surface area contributed by atoms with Crippen molar-refractivity contribution >= 4 is 40.8 Å². The van der Waals surface area contributed by atoms with Crippen LogP contribution in [0.3, 0.4) is 0 Å². The first-order valence-corrected chi connectivity index (χ1v) is 11.1. The Hall–Kier alpha value is -3.26. The Kier molecular flexibility index (Phi) is 7.94. The highest BCUT2D eigenvalue weighted by Gasteiger charge is 2.42. The number of amides is 2. The molecule has 2 amide bonds. The van der Waals surface area contributed by atoms with E-state index >= 15 is 0 Å². The molecule has 0 radical (unpaired) electrons. The van der Waals surface area contributed by atoms with Gasteiger partial charge in [0.25, 0.3) is 5.91 Å². The highest BCUT2D eigenvalue weighted by atomic mass is 32.1. The highest BCUT2D eigenvalue weighted by Crippen LogP contribution is 2.22. The zero-order valence-electron chi connectivity index (χ0n) is 18.2. The third-order valence-corrected chi connectivity index (χ3v) is 5.72. The zero-order chi connectivity index (χ0) is 23.1. The Labute approximate surface area is 193 Å². The molecule has 7 nitrogen and oxygen atoms in total. The normalized spacial score (nSPS) is 15.8. The number of thiocarbonyl (C=S) groups is 1. The van der Waals surface area contributed by atoms with Crippen molar-refractivity contribution < 1.29 is 19.1 Å². The number of ether oxygens (including phenoxy) is 1. The minimum absolute atomic E-state index is 0.0100. The molecule has 1 N–H and O–H groups in total. The molecule has 0 bridgehead atoms. The van der Waals surface area contributed by atoms with Gasteiger partial charge < -0.3 is 15.0 Å². The molecular weight excluding hydrogens is 426 g/mol. The predicted octanol–water partition coefficient (Wildman–Crippen LogP) is 3.25. The number of likely N-dealkylation sites (N-methyl/N-ethyl adjacent to an activating group) is 1. The number of nitrogens with zero attached hydrogens (tertiary/aromatic N) is 2. The Morgan fingerprint density at radius 1 is 1.06 bits per heavy atom. The van der Waals surface area contributed by atoms with Crippen LogP contribution in [0.15, 0.2) is 54.6 Å². The number of esters is 1. The standard InChI is InChI=1S/C24H27N3O4S/c1-3-26-22(29)20(27(24(26)32)15-14-17-8-6-5-7-9-17)16-21(28)25-19-12-10-18(11-13-19)23(30)31-4-2/h5-13,20H,3-4,14-16H2,1-2H3,(H,25,28)/t20-/m1/s1. The SMILES string of the molecule is CCOC(=O)c1ccc(NC(=O)C[C@@H]2C(=O)N(CC)C(=S)N2CCc2ccccc2)cc1. The number of anilines is 1. The van der Waals surface area contributed by atoms with Gasteiger partial charge >= 0.3 is 5.97 Å². The van der Waals surface area contributed by atoms with Crippen molar-refractivity contribution in [2.45, 2.75) is 32.7 Å². The van der Waals surface area contributed by atoms with Crippen LogP contribution < -0.4 is 5.32 Å². The lowest BCUT2D eigenvalue weighted by atomic mass is 10.1. The molecular formula is C24H27N3O4S. The van der Waals surface area contributed by atoms with Gasteiger partial charge in [-0.1, -0.05) is 30.3 Å². The Balaban J connectivity index is 1.65. The van der Waals surface area contributed by atoms with E-state index in [9.17, 15) is 14.4 Å². The van der Waals surface area contributed by atoms with Crippen molar-refractivity contribution in [2.24, 2.45) is 0 Å². The molecule has 0 unspecified atom stereocenters. The fourth-order valence-corrected chi connectivity index (χ4v) is 4.06. The summed E-state index contributed by atoms with van der Waals surface area (Å²) in [6.45, 7) is 4.92. The zero-order valence-corrected chi connectivity index (χ0v) is 19.1. The largest absolute Gasteiger partial charge is 0.462 e. The number of carbonyl (C=O) groups excluding carboxylic acids is 3. The van der Waals surface area contributed by atoms with Gasteiger partial charge in [-0.15, -0.1) is 0 Å². The summed E-state index contributed by atoms with van der Waals surface area (Å²) < 4.78 is 4.96. The summed E-state index contributed by atoms with van der Waals surface area (Å²) in [6, 6.07) is 15.8. The van der Waals surface area contributed by atoms with Crippen molar-refractivity contribution in [1.82, 2.24) is 9.80 Å². The average Bonchev–Trinajstić information content (AvgIpc) is 3.02. The van der Waals surface area contributed by atoms with E-state index in [1.54, 1.807) is 36.1 Å². The molecule has 1 atom stereocenters. The molecule has 0 spiro atoms. The summed E-state index contributed by atoms with van der Waals surface area (Å²) in [4.78, 5) is 40.8. The molecule has 3 rings (SSSR count). The predicted molar refractivity (Wildman–Crippen MR) is 126 cm³/mol. The van der Waals surface area contributed by atoms with Crippen LogP contribution in [0.1, 0.15) is 36.2 Å². The van der Waals surface area contributed by atoms with E-state index in [1.807, 2.05) is 42.2 Å². The van der Waals surface area contributed by atoms with Crippen molar-refractivity contribution in [1.29, 1.82) is 0 Å². The number of nitrogens with one attached hydrogen (secondary N) is 1. The number of rotatable bonds is 9. The molecule has 2 aromatic carbocycles. The second kappa shape index (κ2) is 10.9. The van der Waals surface area contributed by atoms with Crippen LogP contribution in [0, 0.1) is 0 Å². The highest BCUT2D eigenvalue weighted by molar-refractivity contribution is 7.80.